The maximum Gasteiger partial charge on any atom is 0.314 e. The van der Waals surface area contributed by atoms with Gasteiger partial charge in [0.25, 0.3) is 0 Å². The number of carboxylic acid groups (broad SMARTS) is 1. The Bertz CT molecular complexity index is 618. The third-order valence-electron chi connectivity index (χ3n) is 4.90. The molecule has 0 amide bonds. The molecule has 3 rings (SSSR count). The summed E-state index contributed by atoms with van der Waals surface area (Å²) in [5, 5.41) is 9.89. The number of carbonyl (C=O) groups is 1. The first-order chi connectivity index (χ1) is 10.8. The first-order valence-electron chi connectivity index (χ1n) is 8.17. The fraction of sp³-hybridized carbons (Fsp3) is 0.611. The smallest absolute Gasteiger partial charge is 0.314 e. The summed E-state index contributed by atoms with van der Waals surface area (Å²) in [6.45, 7) is 5.30. The van der Waals surface area contributed by atoms with E-state index < -0.39 is 11.4 Å². The van der Waals surface area contributed by atoms with Crippen molar-refractivity contribution in [3.63, 3.8) is 0 Å². The summed E-state index contributed by atoms with van der Waals surface area (Å²) in [7, 11) is 0. The zero-order valence-electron chi connectivity index (χ0n) is 13.7. The van der Waals surface area contributed by atoms with E-state index >= 15 is 0 Å². The Morgan fingerprint density at radius 2 is 1.78 bits per heavy atom. The number of rotatable bonds is 2. The highest BCUT2D eigenvalue weighted by Gasteiger charge is 2.42. The third-order valence-corrected chi connectivity index (χ3v) is 5.49. The molecule has 0 aromatic heterocycles. The predicted octanol–water partition coefficient (Wildman–Crippen LogP) is 4.53. The van der Waals surface area contributed by atoms with Gasteiger partial charge in [0, 0.05) is 5.41 Å². The number of benzene rings is 1. The normalized spacial score (nSPS) is 22.2. The molecule has 23 heavy (non-hydrogen) atoms. The van der Waals surface area contributed by atoms with Crippen LogP contribution >= 0.6 is 15.9 Å². The molecule has 1 aliphatic carbocycles. The summed E-state index contributed by atoms with van der Waals surface area (Å²) in [6.07, 6.45) is 4.37. The Kier molecular flexibility index (Phi) is 4.34. The molecule has 1 fully saturated rings. The lowest BCUT2D eigenvalue weighted by Gasteiger charge is -2.34. The van der Waals surface area contributed by atoms with E-state index in [1.165, 1.54) is 0 Å². The first kappa shape index (κ1) is 16.6. The second-order valence-electron chi connectivity index (χ2n) is 7.47. The summed E-state index contributed by atoms with van der Waals surface area (Å²) in [6, 6.07) is 3.78. The number of halogens is 1. The monoisotopic (exact) mass is 382 g/mol. The molecule has 1 aromatic carbocycles. The first-order valence-corrected chi connectivity index (χ1v) is 8.96. The van der Waals surface area contributed by atoms with Crippen LogP contribution in [0.2, 0.25) is 0 Å². The summed E-state index contributed by atoms with van der Waals surface area (Å²) in [5.74, 6) is 0.584. The van der Waals surface area contributed by atoms with Crippen molar-refractivity contribution in [2.75, 3.05) is 13.2 Å². The van der Waals surface area contributed by atoms with Crippen LogP contribution < -0.4 is 9.47 Å². The molecular formula is C18H23BrO4. The van der Waals surface area contributed by atoms with Crippen LogP contribution in [0.3, 0.4) is 0 Å². The largest absolute Gasteiger partial charge is 0.489 e. The van der Waals surface area contributed by atoms with E-state index in [4.69, 9.17) is 9.47 Å². The van der Waals surface area contributed by atoms with Gasteiger partial charge in [0.05, 0.1) is 23.1 Å². The average molecular weight is 383 g/mol. The summed E-state index contributed by atoms with van der Waals surface area (Å²) in [5.41, 5.74) is -0.0619. The summed E-state index contributed by atoms with van der Waals surface area (Å²) >= 11 is 3.55. The number of fused-ring (bicyclic) bond motifs is 1. The van der Waals surface area contributed by atoms with Crippen LogP contribution in [-0.2, 0) is 10.2 Å². The number of ether oxygens (including phenoxy) is 2. The van der Waals surface area contributed by atoms with Crippen LogP contribution in [0.4, 0.5) is 0 Å². The Morgan fingerprint density at radius 1 is 1.13 bits per heavy atom. The van der Waals surface area contributed by atoms with Crippen molar-refractivity contribution in [2.24, 2.45) is 5.41 Å². The zero-order valence-corrected chi connectivity index (χ0v) is 15.2. The van der Waals surface area contributed by atoms with E-state index in [1.807, 2.05) is 12.1 Å². The van der Waals surface area contributed by atoms with E-state index in [0.717, 1.165) is 29.3 Å². The van der Waals surface area contributed by atoms with Gasteiger partial charge in [-0.25, -0.2) is 0 Å². The van der Waals surface area contributed by atoms with Crippen LogP contribution in [0, 0.1) is 5.41 Å². The van der Waals surface area contributed by atoms with Crippen LogP contribution in [0.15, 0.2) is 16.6 Å². The van der Waals surface area contributed by atoms with Crippen molar-refractivity contribution in [3.05, 3.63) is 22.2 Å². The van der Waals surface area contributed by atoms with Crippen molar-refractivity contribution >= 4 is 21.9 Å². The van der Waals surface area contributed by atoms with Crippen LogP contribution in [-0.4, -0.2) is 24.3 Å². The fourth-order valence-electron chi connectivity index (χ4n) is 3.46. The number of hydrogen-bond donors (Lipinski definition) is 1. The lowest BCUT2D eigenvalue weighted by Crippen LogP contribution is -2.37. The minimum atomic E-state index is -0.805. The van der Waals surface area contributed by atoms with Gasteiger partial charge < -0.3 is 14.6 Å². The standard InChI is InChI=1S/C18H23BrO4/c1-17(2)10-22-14-9-12(8-13(19)15(14)23-11-17)18(16(20)21)6-4-3-5-7-18/h8-9H,3-7,10-11H2,1-2H3,(H,20,21). The van der Waals surface area contributed by atoms with Crippen LogP contribution in [0.25, 0.3) is 0 Å². The highest BCUT2D eigenvalue weighted by atomic mass is 79.9. The van der Waals surface area contributed by atoms with Gasteiger partial charge in [-0.15, -0.1) is 0 Å². The van der Waals surface area contributed by atoms with Gasteiger partial charge in [-0.1, -0.05) is 33.1 Å². The SMILES string of the molecule is CC1(C)COc2cc(C3(C(=O)O)CCCCC3)cc(Br)c2OC1. The van der Waals surface area contributed by atoms with E-state index in [9.17, 15) is 9.90 Å². The minimum Gasteiger partial charge on any atom is -0.489 e. The van der Waals surface area contributed by atoms with Gasteiger partial charge in [0.2, 0.25) is 0 Å². The molecule has 0 bridgehead atoms. The molecule has 5 heteroatoms. The second-order valence-corrected chi connectivity index (χ2v) is 8.33. The van der Waals surface area contributed by atoms with E-state index in [1.54, 1.807) is 0 Å². The van der Waals surface area contributed by atoms with E-state index in [0.29, 0.717) is 37.6 Å². The highest BCUT2D eigenvalue weighted by molar-refractivity contribution is 9.10. The molecule has 0 spiro atoms. The lowest BCUT2D eigenvalue weighted by atomic mass is 9.69. The van der Waals surface area contributed by atoms with Gasteiger partial charge >= 0.3 is 5.97 Å². The Balaban J connectivity index is 2.04. The van der Waals surface area contributed by atoms with Crippen molar-refractivity contribution in [1.29, 1.82) is 0 Å². The third kappa shape index (κ3) is 3.08. The van der Waals surface area contributed by atoms with Crippen molar-refractivity contribution in [2.45, 2.75) is 51.4 Å². The quantitative estimate of drug-likeness (QED) is 0.815. The zero-order chi connectivity index (χ0) is 16.7. The molecule has 0 unspecified atom stereocenters. The molecule has 0 saturated heterocycles. The lowest BCUT2D eigenvalue weighted by molar-refractivity contribution is -0.145. The Labute approximate surface area is 145 Å². The predicted molar refractivity (Wildman–Crippen MR) is 91.3 cm³/mol. The summed E-state index contributed by atoms with van der Waals surface area (Å²) < 4.78 is 12.6. The van der Waals surface area contributed by atoms with Crippen LogP contribution in [0.1, 0.15) is 51.5 Å². The van der Waals surface area contributed by atoms with Gasteiger partial charge in [-0.05, 0) is 46.5 Å². The maximum absolute atomic E-state index is 12.0. The molecular weight excluding hydrogens is 360 g/mol. The second kappa shape index (κ2) is 6.00. The average Bonchev–Trinajstić information content (AvgIpc) is 2.67. The molecule has 0 radical (unpaired) electrons. The van der Waals surface area contributed by atoms with Gasteiger partial charge in [-0.2, -0.15) is 0 Å². The molecule has 1 N–H and O–H groups in total. The number of hydrogen-bond acceptors (Lipinski definition) is 3. The summed E-state index contributed by atoms with van der Waals surface area (Å²) in [4.78, 5) is 12.0. The molecule has 1 aliphatic heterocycles. The fourth-order valence-corrected chi connectivity index (χ4v) is 4.01. The van der Waals surface area contributed by atoms with E-state index in [-0.39, 0.29) is 5.41 Å². The molecule has 0 atom stereocenters. The highest BCUT2D eigenvalue weighted by Crippen LogP contribution is 2.46. The Hall–Kier alpha value is -1.23. The van der Waals surface area contributed by atoms with Crippen molar-refractivity contribution in [1.82, 2.24) is 0 Å². The molecule has 1 aromatic rings. The van der Waals surface area contributed by atoms with Gasteiger partial charge in [-0.3, -0.25) is 4.79 Å². The van der Waals surface area contributed by atoms with E-state index in [2.05, 4.69) is 29.8 Å². The Morgan fingerprint density at radius 3 is 2.43 bits per heavy atom. The van der Waals surface area contributed by atoms with Crippen molar-refractivity contribution < 1.29 is 19.4 Å². The minimum absolute atomic E-state index is 0.0754. The number of carboxylic acids is 1. The number of aliphatic carboxylic acids is 1. The molecule has 4 nitrogen and oxygen atoms in total. The maximum atomic E-state index is 12.0. The topological polar surface area (TPSA) is 55.8 Å². The molecule has 126 valence electrons. The van der Waals surface area contributed by atoms with Gasteiger partial charge in [0.15, 0.2) is 11.5 Å². The van der Waals surface area contributed by atoms with Gasteiger partial charge in [0.1, 0.15) is 0 Å². The van der Waals surface area contributed by atoms with Crippen LogP contribution in [0.5, 0.6) is 11.5 Å². The molecule has 1 saturated carbocycles. The van der Waals surface area contributed by atoms with Crippen molar-refractivity contribution in [3.8, 4) is 11.5 Å². The molecule has 1 heterocycles. The molecule has 2 aliphatic rings.